The van der Waals surface area contributed by atoms with Crippen molar-refractivity contribution in [3.8, 4) is 34.0 Å². The standard InChI is InChI=1S/C23H15FN8/c1-12-5-8-25-10-13(12)14-11-28-22-17(18(14)24)21(31-32-22)23-29-16-6-9-27-19(20(16)30-23)15-4-2-3-7-26-15/h2-11H,1H3,(H,29,30)(H,28,31,32). The summed E-state index contributed by atoms with van der Waals surface area (Å²) in [6, 6.07) is 9.24. The maximum atomic E-state index is 15.7. The zero-order valence-corrected chi connectivity index (χ0v) is 16.8. The van der Waals surface area contributed by atoms with E-state index in [9.17, 15) is 0 Å². The summed E-state index contributed by atoms with van der Waals surface area (Å²) in [5, 5.41) is 7.38. The Bertz CT molecular complexity index is 1600. The van der Waals surface area contributed by atoms with Crippen LogP contribution in [0.25, 0.3) is 56.1 Å². The van der Waals surface area contributed by atoms with Crippen molar-refractivity contribution >= 4 is 22.1 Å². The number of hydrogen-bond donors (Lipinski definition) is 2. The molecule has 0 saturated carbocycles. The first-order chi connectivity index (χ1) is 15.7. The lowest BCUT2D eigenvalue weighted by atomic mass is 10.0. The quantitative estimate of drug-likeness (QED) is 0.436. The zero-order chi connectivity index (χ0) is 21.7. The second-order valence-corrected chi connectivity index (χ2v) is 7.33. The lowest BCUT2D eigenvalue weighted by Crippen LogP contribution is -1.93. The third kappa shape index (κ3) is 2.75. The van der Waals surface area contributed by atoms with Gasteiger partial charge in [0.1, 0.15) is 22.7 Å². The summed E-state index contributed by atoms with van der Waals surface area (Å²) < 4.78 is 15.7. The Labute approximate surface area is 180 Å². The van der Waals surface area contributed by atoms with E-state index in [0.29, 0.717) is 45.2 Å². The smallest absolute Gasteiger partial charge is 0.159 e. The number of H-pyrrole nitrogens is 2. The van der Waals surface area contributed by atoms with Crippen LogP contribution < -0.4 is 0 Å². The Morgan fingerprint density at radius 3 is 2.66 bits per heavy atom. The van der Waals surface area contributed by atoms with E-state index < -0.39 is 5.82 Å². The molecule has 0 spiro atoms. The van der Waals surface area contributed by atoms with E-state index in [4.69, 9.17) is 4.98 Å². The molecule has 0 unspecified atom stereocenters. The van der Waals surface area contributed by atoms with Crippen LogP contribution in [0.2, 0.25) is 0 Å². The van der Waals surface area contributed by atoms with Gasteiger partial charge in [-0.1, -0.05) is 6.07 Å². The molecule has 0 bridgehead atoms. The van der Waals surface area contributed by atoms with Gasteiger partial charge in [-0.05, 0) is 36.8 Å². The zero-order valence-electron chi connectivity index (χ0n) is 16.8. The Balaban J connectivity index is 1.56. The highest BCUT2D eigenvalue weighted by atomic mass is 19.1. The van der Waals surface area contributed by atoms with E-state index in [1.54, 1.807) is 24.8 Å². The van der Waals surface area contributed by atoms with Crippen molar-refractivity contribution in [2.45, 2.75) is 6.92 Å². The first-order valence-electron chi connectivity index (χ1n) is 9.91. The monoisotopic (exact) mass is 422 g/mol. The number of pyridine rings is 4. The largest absolute Gasteiger partial charge is 0.336 e. The first-order valence-corrected chi connectivity index (χ1v) is 9.91. The average Bonchev–Trinajstić information content (AvgIpc) is 3.45. The van der Waals surface area contributed by atoms with E-state index in [0.717, 1.165) is 11.1 Å². The van der Waals surface area contributed by atoms with Crippen molar-refractivity contribution in [2.75, 3.05) is 0 Å². The maximum absolute atomic E-state index is 15.7. The minimum absolute atomic E-state index is 0.261. The van der Waals surface area contributed by atoms with Crippen LogP contribution in [-0.2, 0) is 0 Å². The molecule has 0 atom stereocenters. The molecule has 32 heavy (non-hydrogen) atoms. The number of aromatic amines is 2. The number of rotatable bonds is 3. The molecule has 8 nitrogen and oxygen atoms in total. The van der Waals surface area contributed by atoms with Crippen molar-refractivity contribution < 1.29 is 4.39 Å². The van der Waals surface area contributed by atoms with Gasteiger partial charge in [-0.3, -0.25) is 20.1 Å². The number of aryl methyl sites for hydroxylation is 1. The molecule has 0 saturated heterocycles. The molecule has 0 fully saturated rings. The Kier molecular flexibility index (Phi) is 4.00. The van der Waals surface area contributed by atoms with E-state index >= 15 is 4.39 Å². The summed E-state index contributed by atoms with van der Waals surface area (Å²) in [4.78, 5) is 25.3. The molecular formula is C23H15FN8. The molecule has 2 N–H and O–H groups in total. The van der Waals surface area contributed by atoms with Crippen LogP contribution in [0.15, 0.2) is 61.3 Å². The lowest BCUT2D eigenvalue weighted by molar-refractivity contribution is 0.642. The molecule has 0 radical (unpaired) electrons. The van der Waals surface area contributed by atoms with E-state index in [-0.39, 0.29) is 5.39 Å². The molecule has 154 valence electrons. The summed E-state index contributed by atoms with van der Waals surface area (Å²) in [5.41, 5.74) is 5.34. The van der Waals surface area contributed by atoms with Gasteiger partial charge in [-0.2, -0.15) is 5.10 Å². The van der Waals surface area contributed by atoms with Gasteiger partial charge < -0.3 is 4.98 Å². The SMILES string of the molecule is Cc1ccncc1-c1cnc2[nH]nc(-c3nc4c(-c5ccccn5)nccc4[nH]3)c2c1F. The van der Waals surface area contributed by atoms with Gasteiger partial charge in [-0.25, -0.2) is 14.4 Å². The van der Waals surface area contributed by atoms with E-state index in [1.807, 2.05) is 37.3 Å². The van der Waals surface area contributed by atoms with Crippen molar-refractivity contribution in [3.63, 3.8) is 0 Å². The van der Waals surface area contributed by atoms with E-state index in [1.165, 1.54) is 6.20 Å². The lowest BCUT2D eigenvalue weighted by Gasteiger charge is -2.06. The molecule has 6 heterocycles. The highest BCUT2D eigenvalue weighted by molar-refractivity contribution is 5.96. The molecule has 9 heteroatoms. The van der Waals surface area contributed by atoms with E-state index in [2.05, 4.69) is 35.1 Å². The first kappa shape index (κ1) is 18.3. The van der Waals surface area contributed by atoms with Gasteiger partial charge in [-0.15, -0.1) is 0 Å². The second kappa shape index (κ2) is 7.02. The van der Waals surface area contributed by atoms with Gasteiger partial charge in [0.15, 0.2) is 11.5 Å². The molecular weight excluding hydrogens is 407 g/mol. The molecule has 0 aliphatic heterocycles. The van der Waals surface area contributed by atoms with Crippen LogP contribution in [-0.4, -0.2) is 40.1 Å². The fourth-order valence-electron chi connectivity index (χ4n) is 3.80. The van der Waals surface area contributed by atoms with Crippen LogP contribution in [0, 0.1) is 12.7 Å². The van der Waals surface area contributed by atoms with Crippen molar-refractivity contribution in [1.82, 2.24) is 40.1 Å². The van der Waals surface area contributed by atoms with Crippen LogP contribution in [0.4, 0.5) is 4.39 Å². The Morgan fingerprint density at radius 2 is 1.81 bits per heavy atom. The molecule has 0 aliphatic rings. The van der Waals surface area contributed by atoms with Crippen LogP contribution >= 0.6 is 0 Å². The fraction of sp³-hybridized carbons (Fsp3) is 0.0435. The number of imidazole rings is 1. The number of fused-ring (bicyclic) bond motifs is 2. The molecule has 0 aliphatic carbocycles. The van der Waals surface area contributed by atoms with Crippen LogP contribution in [0.1, 0.15) is 5.56 Å². The predicted octanol–water partition coefficient (Wildman–Crippen LogP) is 4.47. The molecule has 6 aromatic heterocycles. The number of halogens is 1. The summed E-state index contributed by atoms with van der Waals surface area (Å²) >= 11 is 0. The second-order valence-electron chi connectivity index (χ2n) is 7.33. The molecule has 6 rings (SSSR count). The number of hydrogen-bond acceptors (Lipinski definition) is 6. The highest BCUT2D eigenvalue weighted by Crippen LogP contribution is 2.34. The highest BCUT2D eigenvalue weighted by Gasteiger charge is 2.22. The average molecular weight is 422 g/mol. The third-order valence-electron chi connectivity index (χ3n) is 5.39. The third-order valence-corrected chi connectivity index (χ3v) is 5.39. The Morgan fingerprint density at radius 1 is 0.875 bits per heavy atom. The van der Waals surface area contributed by atoms with Gasteiger partial charge in [0.05, 0.1) is 16.6 Å². The van der Waals surface area contributed by atoms with Gasteiger partial charge in [0, 0.05) is 42.1 Å². The predicted molar refractivity (Wildman–Crippen MR) is 118 cm³/mol. The summed E-state index contributed by atoms with van der Waals surface area (Å²) in [7, 11) is 0. The fourth-order valence-corrected chi connectivity index (χ4v) is 3.80. The number of nitrogens with one attached hydrogen (secondary N) is 2. The summed E-state index contributed by atoms with van der Waals surface area (Å²) in [6.07, 6.45) is 8.18. The van der Waals surface area contributed by atoms with Gasteiger partial charge in [0.25, 0.3) is 0 Å². The molecule has 0 aromatic carbocycles. The number of nitrogens with zero attached hydrogens (tertiary/aromatic N) is 6. The molecule has 6 aromatic rings. The minimum Gasteiger partial charge on any atom is -0.336 e. The Hall–Kier alpha value is -4.53. The maximum Gasteiger partial charge on any atom is 0.159 e. The van der Waals surface area contributed by atoms with Gasteiger partial charge >= 0.3 is 0 Å². The van der Waals surface area contributed by atoms with Gasteiger partial charge in [0.2, 0.25) is 0 Å². The normalized spacial score (nSPS) is 11.4. The summed E-state index contributed by atoms with van der Waals surface area (Å²) in [6.45, 7) is 1.91. The van der Waals surface area contributed by atoms with Crippen LogP contribution in [0.5, 0.6) is 0 Å². The van der Waals surface area contributed by atoms with Crippen molar-refractivity contribution in [1.29, 1.82) is 0 Å². The minimum atomic E-state index is -0.432. The topological polar surface area (TPSA) is 109 Å². The summed E-state index contributed by atoms with van der Waals surface area (Å²) in [5.74, 6) is -0.0180. The molecule has 0 amide bonds. The van der Waals surface area contributed by atoms with Crippen molar-refractivity contribution in [2.24, 2.45) is 0 Å². The number of aromatic nitrogens is 8. The van der Waals surface area contributed by atoms with Crippen molar-refractivity contribution in [3.05, 3.63) is 72.7 Å². The van der Waals surface area contributed by atoms with Crippen LogP contribution in [0.3, 0.4) is 0 Å².